The first-order valence-electron chi connectivity index (χ1n) is 7.91. The summed E-state index contributed by atoms with van der Waals surface area (Å²) in [5.41, 5.74) is 6.24. The van der Waals surface area contributed by atoms with Crippen LogP contribution in [0, 0.1) is 5.92 Å². The van der Waals surface area contributed by atoms with Crippen molar-refractivity contribution in [1.82, 2.24) is 5.32 Å². The zero-order valence-corrected chi connectivity index (χ0v) is 16.2. The zero-order chi connectivity index (χ0) is 17.6. The van der Waals surface area contributed by atoms with Gasteiger partial charge < -0.3 is 16.4 Å². The second-order valence-electron chi connectivity index (χ2n) is 5.98. The predicted octanol–water partition coefficient (Wildman–Crippen LogP) is 3.60. The molecule has 0 spiro atoms. The Morgan fingerprint density at radius 2 is 1.83 bits per heavy atom. The molecule has 0 unspecified atom stereocenters. The van der Waals surface area contributed by atoms with Crippen LogP contribution in [0.4, 0.5) is 5.69 Å². The fraction of sp³-hybridized carbons (Fsp3) is 0.529. The first kappa shape index (κ1) is 22.7. The number of carbonyl (C=O) groups excluding carboxylic acids is 2. The number of nitrogens with two attached hydrogens (primary N) is 1. The van der Waals surface area contributed by atoms with Crippen molar-refractivity contribution in [2.45, 2.75) is 46.1 Å². The van der Waals surface area contributed by atoms with Crippen LogP contribution in [0.5, 0.6) is 0 Å². The summed E-state index contributed by atoms with van der Waals surface area (Å²) in [6.45, 7) is 7.93. The largest absolute Gasteiger partial charge is 0.345 e. The lowest BCUT2D eigenvalue weighted by Crippen LogP contribution is -2.52. The number of anilines is 1. The lowest BCUT2D eigenvalue weighted by atomic mass is 9.92. The number of carbonyl (C=O) groups is 2. The standard InChI is InChI=1S/C17H26ClN3O2.ClH/c1-5-17(6-2,10-19)21-16(23)13-9-12(7-8-14(13)18)20-15(22)11(3)4;/h7-9,11H,5-6,10,19H2,1-4H3,(H,20,22)(H,21,23);1H. The predicted molar refractivity (Wildman–Crippen MR) is 102 cm³/mol. The van der Waals surface area contributed by atoms with E-state index in [4.69, 9.17) is 17.3 Å². The molecule has 0 saturated carbocycles. The highest BCUT2D eigenvalue weighted by atomic mass is 35.5. The maximum Gasteiger partial charge on any atom is 0.253 e. The average molecular weight is 376 g/mol. The van der Waals surface area contributed by atoms with E-state index in [0.717, 1.165) is 12.8 Å². The van der Waals surface area contributed by atoms with E-state index in [1.807, 2.05) is 13.8 Å². The van der Waals surface area contributed by atoms with Crippen LogP contribution in [0.2, 0.25) is 5.02 Å². The molecule has 24 heavy (non-hydrogen) atoms. The minimum atomic E-state index is -0.447. The highest BCUT2D eigenvalue weighted by Crippen LogP contribution is 2.23. The molecule has 0 radical (unpaired) electrons. The van der Waals surface area contributed by atoms with Crippen LogP contribution in [0.3, 0.4) is 0 Å². The topological polar surface area (TPSA) is 84.2 Å². The van der Waals surface area contributed by atoms with E-state index in [9.17, 15) is 9.59 Å². The van der Waals surface area contributed by atoms with Gasteiger partial charge in [0.2, 0.25) is 5.91 Å². The Morgan fingerprint density at radius 3 is 2.29 bits per heavy atom. The number of rotatable bonds is 7. The van der Waals surface area contributed by atoms with Gasteiger partial charge in [0.1, 0.15) is 0 Å². The van der Waals surface area contributed by atoms with E-state index in [0.29, 0.717) is 22.8 Å². The summed E-state index contributed by atoms with van der Waals surface area (Å²) in [4.78, 5) is 24.4. The van der Waals surface area contributed by atoms with Crippen molar-refractivity contribution >= 4 is 41.5 Å². The van der Waals surface area contributed by atoms with Crippen molar-refractivity contribution in [1.29, 1.82) is 0 Å². The Labute approximate surface area is 155 Å². The monoisotopic (exact) mass is 375 g/mol. The molecule has 0 fully saturated rings. The molecule has 0 saturated heterocycles. The highest BCUT2D eigenvalue weighted by Gasteiger charge is 2.27. The van der Waals surface area contributed by atoms with Gasteiger partial charge in [-0.1, -0.05) is 39.3 Å². The molecule has 0 aliphatic rings. The van der Waals surface area contributed by atoms with Gasteiger partial charge in [0.15, 0.2) is 0 Å². The van der Waals surface area contributed by atoms with E-state index in [2.05, 4.69) is 10.6 Å². The molecule has 0 aliphatic heterocycles. The maximum atomic E-state index is 12.6. The summed E-state index contributed by atoms with van der Waals surface area (Å²) in [7, 11) is 0. The van der Waals surface area contributed by atoms with Crippen LogP contribution in [0.15, 0.2) is 18.2 Å². The molecule has 7 heteroatoms. The Balaban J connectivity index is 0.00000529. The summed E-state index contributed by atoms with van der Waals surface area (Å²) >= 11 is 6.14. The summed E-state index contributed by atoms with van der Waals surface area (Å²) in [6.07, 6.45) is 1.46. The lowest BCUT2D eigenvalue weighted by Gasteiger charge is -2.31. The second kappa shape index (κ2) is 9.87. The maximum absolute atomic E-state index is 12.6. The smallest absolute Gasteiger partial charge is 0.253 e. The van der Waals surface area contributed by atoms with Crippen LogP contribution in [-0.2, 0) is 4.79 Å². The van der Waals surface area contributed by atoms with E-state index < -0.39 is 5.54 Å². The normalized spacial score (nSPS) is 11.0. The van der Waals surface area contributed by atoms with Crippen LogP contribution in [-0.4, -0.2) is 23.9 Å². The Hall–Kier alpha value is -1.30. The van der Waals surface area contributed by atoms with E-state index in [1.165, 1.54) is 0 Å². The highest BCUT2D eigenvalue weighted by molar-refractivity contribution is 6.34. The molecule has 1 aromatic carbocycles. The van der Waals surface area contributed by atoms with Crippen LogP contribution >= 0.6 is 24.0 Å². The van der Waals surface area contributed by atoms with E-state index >= 15 is 0 Å². The first-order valence-corrected chi connectivity index (χ1v) is 8.29. The van der Waals surface area contributed by atoms with Gasteiger partial charge in [-0.2, -0.15) is 0 Å². The van der Waals surface area contributed by atoms with Crippen molar-refractivity contribution in [2.75, 3.05) is 11.9 Å². The first-order chi connectivity index (χ1) is 10.8. The summed E-state index contributed by atoms with van der Waals surface area (Å²) < 4.78 is 0. The van der Waals surface area contributed by atoms with Gasteiger partial charge in [0.25, 0.3) is 5.91 Å². The zero-order valence-electron chi connectivity index (χ0n) is 14.6. The molecule has 1 rings (SSSR count). The number of benzene rings is 1. The molecule has 0 aliphatic carbocycles. The fourth-order valence-electron chi connectivity index (χ4n) is 2.14. The van der Waals surface area contributed by atoms with E-state index in [-0.39, 0.29) is 30.1 Å². The second-order valence-corrected chi connectivity index (χ2v) is 6.39. The van der Waals surface area contributed by atoms with Gasteiger partial charge >= 0.3 is 0 Å². The molecule has 2 amide bonds. The lowest BCUT2D eigenvalue weighted by molar-refractivity contribution is -0.118. The summed E-state index contributed by atoms with van der Waals surface area (Å²) in [6, 6.07) is 4.87. The Bertz CT molecular complexity index is 565. The number of hydrogen-bond donors (Lipinski definition) is 3. The molecule has 0 heterocycles. The number of hydrogen-bond acceptors (Lipinski definition) is 3. The molecule has 5 nitrogen and oxygen atoms in total. The van der Waals surface area contributed by atoms with Gasteiger partial charge in [-0.15, -0.1) is 12.4 Å². The van der Waals surface area contributed by atoms with Crippen molar-refractivity contribution in [3.05, 3.63) is 28.8 Å². The Kier molecular flexibility index (Phi) is 9.33. The van der Waals surface area contributed by atoms with Crippen molar-refractivity contribution in [3.8, 4) is 0 Å². The third-order valence-electron chi connectivity index (χ3n) is 4.13. The van der Waals surface area contributed by atoms with Gasteiger partial charge in [0.05, 0.1) is 16.1 Å². The molecular formula is C17H27Cl2N3O2. The average Bonchev–Trinajstić information content (AvgIpc) is 2.54. The molecule has 0 aromatic heterocycles. The molecule has 4 N–H and O–H groups in total. The molecular weight excluding hydrogens is 349 g/mol. The molecule has 0 bridgehead atoms. The van der Waals surface area contributed by atoms with Crippen molar-refractivity contribution in [2.24, 2.45) is 11.7 Å². The van der Waals surface area contributed by atoms with Crippen molar-refractivity contribution in [3.63, 3.8) is 0 Å². The van der Waals surface area contributed by atoms with E-state index in [1.54, 1.807) is 32.0 Å². The molecule has 1 aromatic rings. The van der Waals surface area contributed by atoms with Gasteiger partial charge in [0, 0.05) is 18.2 Å². The van der Waals surface area contributed by atoms with Gasteiger partial charge in [-0.05, 0) is 31.0 Å². The molecule has 0 atom stereocenters. The van der Waals surface area contributed by atoms with Crippen molar-refractivity contribution < 1.29 is 9.59 Å². The van der Waals surface area contributed by atoms with Gasteiger partial charge in [-0.25, -0.2) is 0 Å². The van der Waals surface area contributed by atoms with Crippen LogP contribution < -0.4 is 16.4 Å². The Morgan fingerprint density at radius 1 is 1.25 bits per heavy atom. The van der Waals surface area contributed by atoms with Crippen LogP contribution in [0.1, 0.15) is 50.9 Å². The minimum Gasteiger partial charge on any atom is -0.345 e. The van der Waals surface area contributed by atoms with Crippen LogP contribution in [0.25, 0.3) is 0 Å². The third kappa shape index (κ3) is 5.65. The third-order valence-corrected chi connectivity index (χ3v) is 4.46. The molecule has 136 valence electrons. The summed E-state index contributed by atoms with van der Waals surface area (Å²) in [5, 5.41) is 6.08. The van der Waals surface area contributed by atoms with Gasteiger partial charge in [-0.3, -0.25) is 9.59 Å². The fourth-order valence-corrected chi connectivity index (χ4v) is 2.34. The number of nitrogens with one attached hydrogen (secondary N) is 2. The number of halogens is 2. The number of amides is 2. The summed E-state index contributed by atoms with van der Waals surface area (Å²) in [5.74, 6) is -0.546. The SMILES string of the molecule is CCC(CC)(CN)NC(=O)c1cc(NC(=O)C(C)C)ccc1Cl.Cl. The minimum absolute atomic E-state index is 0. The quantitative estimate of drug-likeness (QED) is 0.680.